The van der Waals surface area contributed by atoms with Gasteiger partial charge in [-0.1, -0.05) is 91.9 Å². The van der Waals surface area contributed by atoms with Gasteiger partial charge in [-0.3, -0.25) is 0 Å². The van der Waals surface area contributed by atoms with Crippen molar-refractivity contribution in [3.63, 3.8) is 0 Å². The number of nitriles is 1. The second kappa shape index (κ2) is 13.3. The van der Waals surface area contributed by atoms with E-state index in [-0.39, 0.29) is 25.5 Å². The van der Waals surface area contributed by atoms with Crippen LogP contribution in [0.25, 0.3) is 55.6 Å². The van der Waals surface area contributed by atoms with Crippen molar-refractivity contribution in [2.45, 2.75) is 26.2 Å². The van der Waals surface area contributed by atoms with E-state index in [1.54, 1.807) is 6.20 Å². The summed E-state index contributed by atoms with van der Waals surface area (Å²) in [6, 6.07) is 44.4. The van der Waals surface area contributed by atoms with Crippen molar-refractivity contribution < 1.29 is 29.1 Å². The number of hydrogen-bond acceptors (Lipinski definition) is 3. The van der Waals surface area contributed by atoms with Crippen LogP contribution in [0.1, 0.15) is 31.9 Å². The van der Waals surface area contributed by atoms with E-state index in [9.17, 15) is 5.26 Å². The molecule has 0 aliphatic carbocycles. The Balaban J connectivity index is 0.000000193. The zero-order valence-corrected chi connectivity index (χ0v) is 27.7. The molecular weight excluding hydrogens is 731 g/mol. The van der Waals surface area contributed by atoms with Gasteiger partial charge in [-0.05, 0) is 40.4 Å². The maximum Gasteiger partial charge on any atom is 3.00 e. The summed E-state index contributed by atoms with van der Waals surface area (Å²) in [7, 11) is 4.07. The van der Waals surface area contributed by atoms with Gasteiger partial charge in [0.2, 0.25) is 0 Å². The normalized spacial score (nSPS) is 10.9. The Hall–Kier alpha value is -5.01. The summed E-state index contributed by atoms with van der Waals surface area (Å²) in [4.78, 5) is 4.44. The fourth-order valence-electron chi connectivity index (χ4n) is 5.28. The van der Waals surface area contributed by atoms with Crippen molar-refractivity contribution >= 4 is 21.9 Å². The molecule has 0 unspecified atom stereocenters. The first-order valence-corrected chi connectivity index (χ1v) is 14.5. The Morgan fingerprint density at radius 2 is 1.56 bits per heavy atom. The summed E-state index contributed by atoms with van der Waals surface area (Å²) in [5.74, 6) is 0. The van der Waals surface area contributed by atoms with Gasteiger partial charge in [0.15, 0.2) is 0 Å². The van der Waals surface area contributed by atoms with Crippen molar-refractivity contribution in [2.75, 3.05) is 0 Å². The fourth-order valence-corrected chi connectivity index (χ4v) is 5.28. The zero-order valence-electron chi connectivity index (χ0n) is 25.3. The standard InChI is InChI=1S/C24H13N2O.C16H18N.Ir/c25-15-17-12-13-19-18-9-6-10-20(21-11-4-5-14-26-21)23(18)27-24(19)22(17)16-7-2-1-3-8-16;1-16(2,3)14-10-11-15(17(4)12-14)13-8-6-5-7-9-13;/h1-9,11-14H;5-8,10-12H,4H2,1-3H3;/q2*-1;+3. The molecule has 3 heterocycles. The van der Waals surface area contributed by atoms with Gasteiger partial charge in [0.1, 0.15) is 11.3 Å². The third-order valence-corrected chi connectivity index (χ3v) is 7.58. The molecule has 0 atom stereocenters. The number of fused-ring (bicyclic) bond motifs is 3. The summed E-state index contributed by atoms with van der Waals surface area (Å²) in [6.07, 6.45) is 3.85. The van der Waals surface area contributed by atoms with E-state index in [4.69, 9.17) is 4.42 Å². The Morgan fingerprint density at radius 3 is 2.22 bits per heavy atom. The topological polar surface area (TPSA) is 53.7 Å². The molecule has 0 spiro atoms. The molecule has 4 aromatic carbocycles. The maximum atomic E-state index is 9.64. The molecule has 0 saturated carbocycles. The van der Waals surface area contributed by atoms with Gasteiger partial charge >= 0.3 is 20.1 Å². The molecule has 5 heteroatoms. The van der Waals surface area contributed by atoms with E-state index in [2.05, 4.69) is 69.3 Å². The summed E-state index contributed by atoms with van der Waals surface area (Å²) in [5, 5.41) is 11.6. The average molecular weight is 762 g/mol. The van der Waals surface area contributed by atoms with Crippen LogP contribution in [0, 0.1) is 30.5 Å². The van der Waals surface area contributed by atoms with Crippen molar-refractivity contribution in [2.24, 2.45) is 0 Å². The number of aromatic nitrogens is 2. The first kappa shape index (κ1) is 31.4. The molecule has 4 nitrogen and oxygen atoms in total. The van der Waals surface area contributed by atoms with Crippen molar-refractivity contribution in [3.8, 4) is 39.7 Å². The average Bonchev–Trinajstić information content (AvgIpc) is 3.44. The van der Waals surface area contributed by atoms with Crippen LogP contribution in [-0.2, 0) is 25.5 Å². The third kappa shape index (κ3) is 6.44. The Labute approximate surface area is 278 Å². The van der Waals surface area contributed by atoms with Crippen molar-refractivity contribution in [1.29, 1.82) is 5.26 Å². The van der Waals surface area contributed by atoms with Gasteiger partial charge in [-0.15, -0.1) is 48.5 Å². The minimum atomic E-state index is 0. The number of pyridine rings is 2. The molecule has 0 saturated heterocycles. The van der Waals surface area contributed by atoms with Crippen LogP contribution in [0.3, 0.4) is 0 Å². The first-order valence-electron chi connectivity index (χ1n) is 14.5. The zero-order chi connectivity index (χ0) is 30.7. The molecule has 3 aromatic heterocycles. The Bertz CT molecular complexity index is 2110. The summed E-state index contributed by atoms with van der Waals surface area (Å²) in [6.45, 7) is 6.62. The second-order valence-corrected chi connectivity index (χ2v) is 11.6. The van der Waals surface area contributed by atoms with Gasteiger partial charge < -0.3 is 14.0 Å². The van der Waals surface area contributed by atoms with Crippen molar-refractivity contribution in [3.05, 3.63) is 152 Å². The van der Waals surface area contributed by atoms with Crippen LogP contribution in [0.15, 0.2) is 126 Å². The largest absolute Gasteiger partial charge is 3.00 e. The number of hydrogen-bond donors (Lipinski definition) is 0. The molecule has 0 fully saturated rings. The summed E-state index contributed by atoms with van der Waals surface area (Å²) < 4.78 is 8.27. The monoisotopic (exact) mass is 762 g/mol. The quantitative estimate of drug-likeness (QED) is 0.133. The molecule has 7 aromatic rings. The van der Waals surface area contributed by atoms with Crippen LogP contribution in [0.4, 0.5) is 0 Å². The maximum absolute atomic E-state index is 9.64. The third-order valence-electron chi connectivity index (χ3n) is 7.58. The molecule has 0 aliphatic heterocycles. The number of rotatable bonds is 3. The van der Waals surface area contributed by atoms with Crippen LogP contribution in [0.2, 0.25) is 0 Å². The fraction of sp³-hybridized carbons (Fsp3) is 0.100. The van der Waals surface area contributed by atoms with E-state index in [1.165, 1.54) is 5.56 Å². The Morgan fingerprint density at radius 1 is 0.800 bits per heavy atom. The van der Waals surface area contributed by atoms with E-state index < -0.39 is 0 Å². The minimum Gasteiger partial charge on any atom is -0.500 e. The predicted octanol–water partition coefficient (Wildman–Crippen LogP) is 9.36. The van der Waals surface area contributed by atoms with Crippen LogP contribution in [0.5, 0.6) is 0 Å². The molecule has 0 bridgehead atoms. The van der Waals surface area contributed by atoms with Crippen LogP contribution < -0.4 is 4.57 Å². The molecule has 0 aliphatic rings. The Kier molecular flexibility index (Phi) is 9.30. The molecule has 220 valence electrons. The number of furan rings is 1. The second-order valence-electron chi connectivity index (χ2n) is 11.6. The smallest absolute Gasteiger partial charge is 0.500 e. The van der Waals surface area contributed by atoms with Gasteiger partial charge in [-0.25, -0.2) is 0 Å². The van der Waals surface area contributed by atoms with Gasteiger partial charge in [0, 0.05) is 24.2 Å². The molecule has 45 heavy (non-hydrogen) atoms. The van der Waals surface area contributed by atoms with E-state index in [0.717, 1.165) is 50.0 Å². The van der Waals surface area contributed by atoms with E-state index in [0.29, 0.717) is 11.1 Å². The van der Waals surface area contributed by atoms with Gasteiger partial charge in [-0.2, -0.15) is 5.26 Å². The van der Waals surface area contributed by atoms with Crippen LogP contribution in [-0.4, -0.2) is 4.98 Å². The van der Waals surface area contributed by atoms with E-state index in [1.807, 2.05) is 102 Å². The van der Waals surface area contributed by atoms with Gasteiger partial charge in [0.05, 0.1) is 23.4 Å². The van der Waals surface area contributed by atoms with Crippen LogP contribution >= 0.6 is 0 Å². The molecular formula is C40H31IrN3O+. The first-order chi connectivity index (χ1) is 21.3. The molecule has 0 radical (unpaired) electrons. The number of benzene rings is 4. The summed E-state index contributed by atoms with van der Waals surface area (Å²) >= 11 is 0. The van der Waals surface area contributed by atoms with Crippen molar-refractivity contribution in [1.82, 2.24) is 4.98 Å². The molecule has 0 amide bonds. The number of nitrogens with zero attached hydrogens (tertiary/aromatic N) is 3. The molecule has 0 N–H and O–H groups in total. The summed E-state index contributed by atoms with van der Waals surface area (Å²) in [5.41, 5.74) is 9.04. The predicted molar refractivity (Wildman–Crippen MR) is 176 cm³/mol. The van der Waals surface area contributed by atoms with E-state index >= 15 is 0 Å². The SMILES string of the molecule is N#Cc1ccc2c(oc3c(-c4ccccn4)[c-]ccc32)c1-c1ccccc1.[CH2-][n+]1cc(C(C)(C)C)ccc1-c1[c-]cccc1.[Ir+3]. The van der Waals surface area contributed by atoms with Gasteiger partial charge in [0.25, 0.3) is 0 Å². The minimum absolute atomic E-state index is 0. The molecule has 7 rings (SSSR count).